The Bertz CT molecular complexity index is 320. The summed E-state index contributed by atoms with van der Waals surface area (Å²) in [6, 6.07) is 0. The van der Waals surface area contributed by atoms with Gasteiger partial charge in [0.1, 0.15) is 18.5 Å². The number of hydrogen-bond acceptors (Lipinski definition) is 7. The first-order valence-electron chi connectivity index (χ1n) is 8.60. The molecule has 0 rings (SSSR count). The van der Waals surface area contributed by atoms with Gasteiger partial charge in [0.15, 0.2) is 0 Å². The van der Waals surface area contributed by atoms with Crippen LogP contribution in [0.1, 0.15) is 40.0 Å². The number of ether oxygens (including phenoxy) is 5. The Balaban J connectivity index is 3.49. The van der Waals surface area contributed by atoms with E-state index in [0.717, 1.165) is 0 Å². The molecule has 0 radical (unpaired) electrons. The molecule has 7 heteroatoms. The second kappa shape index (κ2) is 16.8. The van der Waals surface area contributed by atoms with E-state index in [1.54, 1.807) is 0 Å². The SMILES string of the molecule is CCOC[C@H](COC(=O)CCCOCCOCCC(C)=O)OCC. The van der Waals surface area contributed by atoms with Crippen molar-refractivity contribution in [2.75, 3.05) is 52.9 Å². The predicted octanol–water partition coefficient (Wildman–Crippen LogP) is 1.76. The Morgan fingerprint density at radius 2 is 1.54 bits per heavy atom. The average molecular weight is 348 g/mol. The van der Waals surface area contributed by atoms with Crippen LogP contribution in [0.4, 0.5) is 0 Å². The van der Waals surface area contributed by atoms with Gasteiger partial charge in [-0.3, -0.25) is 9.59 Å². The van der Waals surface area contributed by atoms with E-state index in [0.29, 0.717) is 65.5 Å². The quantitative estimate of drug-likeness (QED) is 0.293. The Kier molecular flexibility index (Phi) is 16.1. The van der Waals surface area contributed by atoms with Gasteiger partial charge in [-0.05, 0) is 27.2 Å². The highest BCUT2D eigenvalue weighted by molar-refractivity contribution is 5.75. The van der Waals surface area contributed by atoms with Crippen molar-refractivity contribution in [1.82, 2.24) is 0 Å². The largest absolute Gasteiger partial charge is 0.463 e. The van der Waals surface area contributed by atoms with E-state index in [4.69, 9.17) is 23.7 Å². The number of Topliss-reactive ketones (excluding diaryl/α,β-unsaturated/α-hetero) is 1. The molecule has 0 saturated carbocycles. The average Bonchev–Trinajstić information content (AvgIpc) is 2.55. The van der Waals surface area contributed by atoms with Crippen molar-refractivity contribution in [3.63, 3.8) is 0 Å². The summed E-state index contributed by atoms with van der Waals surface area (Å²) >= 11 is 0. The van der Waals surface area contributed by atoms with Gasteiger partial charge in [0.05, 0.1) is 26.4 Å². The topological polar surface area (TPSA) is 80.3 Å². The van der Waals surface area contributed by atoms with E-state index in [1.807, 2.05) is 13.8 Å². The smallest absolute Gasteiger partial charge is 0.305 e. The van der Waals surface area contributed by atoms with Gasteiger partial charge >= 0.3 is 5.97 Å². The van der Waals surface area contributed by atoms with E-state index >= 15 is 0 Å². The van der Waals surface area contributed by atoms with Crippen molar-refractivity contribution < 1.29 is 33.3 Å². The fourth-order valence-electron chi connectivity index (χ4n) is 1.74. The molecule has 0 bridgehead atoms. The van der Waals surface area contributed by atoms with Gasteiger partial charge < -0.3 is 23.7 Å². The zero-order valence-corrected chi connectivity index (χ0v) is 15.2. The third-order valence-corrected chi connectivity index (χ3v) is 2.98. The summed E-state index contributed by atoms with van der Waals surface area (Å²) in [6.07, 6.45) is 1.11. The molecule has 24 heavy (non-hydrogen) atoms. The lowest BCUT2D eigenvalue weighted by molar-refractivity contribution is -0.150. The molecule has 0 aromatic carbocycles. The summed E-state index contributed by atoms with van der Waals surface area (Å²) in [7, 11) is 0. The molecule has 0 N–H and O–H groups in total. The number of hydrogen-bond donors (Lipinski definition) is 0. The second-order valence-electron chi connectivity index (χ2n) is 5.20. The van der Waals surface area contributed by atoms with Crippen LogP contribution in [0.3, 0.4) is 0 Å². The number of ketones is 1. The van der Waals surface area contributed by atoms with Crippen LogP contribution in [-0.2, 0) is 33.3 Å². The Morgan fingerprint density at radius 1 is 0.833 bits per heavy atom. The minimum absolute atomic E-state index is 0.113. The lowest BCUT2D eigenvalue weighted by Crippen LogP contribution is -2.27. The van der Waals surface area contributed by atoms with Gasteiger partial charge in [-0.15, -0.1) is 0 Å². The summed E-state index contributed by atoms with van der Waals surface area (Å²) in [5.74, 6) is -0.153. The van der Waals surface area contributed by atoms with E-state index in [1.165, 1.54) is 6.92 Å². The maximum Gasteiger partial charge on any atom is 0.305 e. The van der Waals surface area contributed by atoms with Crippen LogP contribution >= 0.6 is 0 Å². The molecule has 0 spiro atoms. The number of carbonyl (C=O) groups is 2. The molecule has 0 fully saturated rings. The minimum atomic E-state index is -0.266. The Labute approximate surface area is 144 Å². The van der Waals surface area contributed by atoms with E-state index in [2.05, 4.69) is 0 Å². The molecule has 0 aliphatic rings. The molecular weight excluding hydrogens is 316 g/mol. The summed E-state index contributed by atoms with van der Waals surface area (Å²) in [5.41, 5.74) is 0. The molecule has 0 unspecified atom stereocenters. The molecule has 0 aromatic rings. The van der Waals surface area contributed by atoms with Crippen LogP contribution in [0, 0.1) is 0 Å². The zero-order chi connectivity index (χ0) is 18.0. The third-order valence-electron chi connectivity index (χ3n) is 2.98. The Hall–Kier alpha value is -1.02. The molecule has 1 atom stereocenters. The van der Waals surface area contributed by atoms with Crippen molar-refractivity contribution >= 4 is 11.8 Å². The maximum absolute atomic E-state index is 11.6. The second-order valence-corrected chi connectivity index (χ2v) is 5.20. The molecular formula is C17H32O7. The summed E-state index contributed by atoms with van der Waals surface area (Å²) in [5, 5.41) is 0. The molecule has 0 amide bonds. The molecule has 0 saturated heterocycles. The minimum Gasteiger partial charge on any atom is -0.463 e. The fraction of sp³-hybridized carbons (Fsp3) is 0.882. The predicted molar refractivity (Wildman–Crippen MR) is 89.0 cm³/mol. The lowest BCUT2D eigenvalue weighted by Gasteiger charge is -2.16. The van der Waals surface area contributed by atoms with Gasteiger partial charge in [-0.2, -0.15) is 0 Å². The van der Waals surface area contributed by atoms with Crippen LogP contribution in [0.15, 0.2) is 0 Å². The number of esters is 1. The standard InChI is InChI=1S/C17H32O7/c1-4-20-13-16(23-5-2)14-24-17(19)7-6-9-21-11-12-22-10-8-15(3)18/h16H,4-14H2,1-3H3/t16-/m1/s1. The fourth-order valence-corrected chi connectivity index (χ4v) is 1.74. The van der Waals surface area contributed by atoms with Crippen LogP contribution in [0.25, 0.3) is 0 Å². The normalized spacial score (nSPS) is 12.1. The van der Waals surface area contributed by atoms with Crippen LogP contribution < -0.4 is 0 Å². The number of rotatable bonds is 17. The van der Waals surface area contributed by atoms with Crippen molar-refractivity contribution in [1.29, 1.82) is 0 Å². The van der Waals surface area contributed by atoms with Crippen LogP contribution in [0.5, 0.6) is 0 Å². The summed E-state index contributed by atoms with van der Waals surface area (Å²) in [4.78, 5) is 22.3. The zero-order valence-electron chi connectivity index (χ0n) is 15.2. The van der Waals surface area contributed by atoms with E-state index in [-0.39, 0.29) is 24.5 Å². The molecule has 0 aliphatic carbocycles. The van der Waals surface area contributed by atoms with Gasteiger partial charge in [0, 0.05) is 32.7 Å². The van der Waals surface area contributed by atoms with Crippen molar-refractivity contribution in [3.05, 3.63) is 0 Å². The third kappa shape index (κ3) is 15.9. The Morgan fingerprint density at radius 3 is 2.17 bits per heavy atom. The van der Waals surface area contributed by atoms with Gasteiger partial charge in [0.2, 0.25) is 0 Å². The maximum atomic E-state index is 11.6. The molecule has 0 heterocycles. The van der Waals surface area contributed by atoms with Gasteiger partial charge in [-0.1, -0.05) is 0 Å². The highest BCUT2D eigenvalue weighted by Gasteiger charge is 2.12. The van der Waals surface area contributed by atoms with E-state index < -0.39 is 0 Å². The van der Waals surface area contributed by atoms with Gasteiger partial charge in [-0.25, -0.2) is 0 Å². The lowest BCUT2D eigenvalue weighted by atomic mass is 10.3. The molecule has 7 nitrogen and oxygen atoms in total. The highest BCUT2D eigenvalue weighted by Crippen LogP contribution is 1.99. The molecule has 142 valence electrons. The van der Waals surface area contributed by atoms with Crippen LogP contribution in [-0.4, -0.2) is 70.7 Å². The summed E-state index contributed by atoms with van der Waals surface area (Å²) < 4.78 is 26.5. The van der Waals surface area contributed by atoms with Crippen molar-refractivity contribution in [2.24, 2.45) is 0 Å². The monoisotopic (exact) mass is 348 g/mol. The molecule has 0 aliphatic heterocycles. The highest BCUT2D eigenvalue weighted by atomic mass is 16.6. The first-order chi connectivity index (χ1) is 11.6. The first-order valence-corrected chi connectivity index (χ1v) is 8.60. The first kappa shape index (κ1) is 23.0. The summed E-state index contributed by atoms with van der Waals surface area (Å²) in [6.45, 7) is 8.91. The number of carbonyl (C=O) groups excluding carboxylic acids is 2. The van der Waals surface area contributed by atoms with Gasteiger partial charge in [0.25, 0.3) is 0 Å². The molecule has 0 aromatic heterocycles. The van der Waals surface area contributed by atoms with E-state index in [9.17, 15) is 9.59 Å². The van der Waals surface area contributed by atoms with Crippen LogP contribution in [0.2, 0.25) is 0 Å². The van der Waals surface area contributed by atoms with Crippen molar-refractivity contribution in [2.45, 2.75) is 46.1 Å². The van der Waals surface area contributed by atoms with Crippen molar-refractivity contribution in [3.8, 4) is 0 Å².